The maximum atomic E-state index is 12.8. The smallest absolute Gasteiger partial charge is 0.322 e. The molecule has 1 saturated heterocycles. The number of benzene rings is 1. The van der Waals surface area contributed by atoms with Crippen LogP contribution in [0, 0.1) is 0 Å². The van der Waals surface area contributed by atoms with Crippen LogP contribution in [0.5, 0.6) is 5.75 Å². The van der Waals surface area contributed by atoms with Gasteiger partial charge in [-0.2, -0.15) is 0 Å². The van der Waals surface area contributed by atoms with E-state index < -0.39 is 0 Å². The number of likely N-dealkylation sites (tertiary alicyclic amines) is 1. The van der Waals surface area contributed by atoms with Crippen molar-refractivity contribution < 1.29 is 14.3 Å². The maximum Gasteiger partial charge on any atom is 0.322 e. The number of amides is 3. The second kappa shape index (κ2) is 8.62. The Morgan fingerprint density at radius 1 is 1.26 bits per heavy atom. The number of carbonyl (C=O) groups excluding carboxylic acids is 2. The number of ether oxygens (including phenoxy) is 1. The highest BCUT2D eigenvalue weighted by Crippen LogP contribution is 2.28. The second-order valence-corrected chi connectivity index (χ2v) is 6.65. The van der Waals surface area contributed by atoms with Crippen molar-refractivity contribution >= 4 is 17.6 Å². The summed E-state index contributed by atoms with van der Waals surface area (Å²) in [6, 6.07) is 9.09. The van der Waals surface area contributed by atoms with E-state index in [0.717, 1.165) is 30.7 Å². The van der Waals surface area contributed by atoms with Crippen LogP contribution in [-0.4, -0.2) is 40.6 Å². The van der Waals surface area contributed by atoms with Gasteiger partial charge >= 0.3 is 6.03 Å². The molecule has 0 aliphatic carbocycles. The summed E-state index contributed by atoms with van der Waals surface area (Å²) >= 11 is 0. The quantitative estimate of drug-likeness (QED) is 0.818. The topological polar surface area (TPSA) is 89.6 Å². The fourth-order valence-electron chi connectivity index (χ4n) is 3.48. The Morgan fingerprint density at radius 2 is 2.04 bits per heavy atom. The molecular weight excluding hydrogens is 344 g/mol. The molecule has 1 fully saturated rings. The highest BCUT2D eigenvalue weighted by Gasteiger charge is 2.28. The first-order chi connectivity index (χ1) is 13.1. The minimum absolute atomic E-state index is 0.136. The van der Waals surface area contributed by atoms with Crippen LogP contribution < -0.4 is 15.8 Å². The summed E-state index contributed by atoms with van der Waals surface area (Å²) in [5, 5.41) is 2.95. The molecule has 0 unspecified atom stereocenters. The zero-order valence-corrected chi connectivity index (χ0v) is 15.6. The first-order valence-electron chi connectivity index (χ1n) is 9.34. The summed E-state index contributed by atoms with van der Waals surface area (Å²) in [5.74, 6) is 0.368. The van der Waals surface area contributed by atoms with Gasteiger partial charge in [-0.25, -0.2) is 4.79 Å². The normalized spacial score (nSPS) is 16.8. The second-order valence-electron chi connectivity index (χ2n) is 6.65. The van der Waals surface area contributed by atoms with Crippen LogP contribution in [-0.2, 0) is 4.79 Å². The zero-order chi connectivity index (χ0) is 19.2. The van der Waals surface area contributed by atoms with Gasteiger partial charge < -0.3 is 25.3 Å². The van der Waals surface area contributed by atoms with Gasteiger partial charge in [0, 0.05) is 37.1 Å². The SMILES string of the molecule is CCOc1ccc(NC(=O)N2CCCC[C@@H]2CC(N)=O)cc1-n1cccc1. The Hall–Kier alpha value is -2.96. The third-order valence-electron chi connectivity index (χ3n) is 4.72. The monoisotopic (exact) mass is 370 g/mol. The number of nitrogens with one attached hydrogen (secondary N) is 1. The Bertz CT molecular complexity index is 789. The Kier molecular flexibility index (Phi) is 6.01. The van der Waals surface area contributed by atoms with E-state index in [1.54, 1.807) is 4.90 Å². The summed E-state index contributed by atoms with van der Waals surface area (Å²) in [4.78, 5) is 25.8. The molecule has 7 nitrogen and oxygen atoms in total. The van der Waals surface area contributed by atoms with Gasteiger partial charge in [-0.15, -0.1) is 0 Å². The fourth-order valence-corrected chi connectivity index (χ4v) is 3.48. The van der Waals surface area contributed by atoms with Crippen molar-refractivity contribution in [1.29, 1.82) is 0 Å². The Labute approximate surface area is 159 Å². The standard InChI is InChI=1S/C20H26N4O3/c1-2-27-18-9-8-15(13-17(18)23-10-5-6-11-23)22-20(26)24-12-4-3-7-16(24)14-19(21)25/h5-6,8-11,13,16H,2-4,7,12,14H2,1H3,(H2,21,25)(H,22,26)/t16-/m1/s1. The van der Waals surface area contributed by atoms with Crippen LogP contribution >= 0.6 is 0 Å². The van der Waals surface area contributed by atoms with Crippen molar-refractivity contribution in [2.45, 2.75) is 38.6 Å². The zero-order valence-electron chi connectivity index (χ0n) is 15.6. The molecule has 3 amide bonds. The molecule has 0 bridgehead atoms. The van der Waals surface area contributed by atoms with E-state index in [4.69, 9.17) is 10.5 Å². The van der Waals surface area contributed by atoms with Crippen molar-refractivity contribution in [1.82, 2.24) is 9.47 Å². The lowest BCUT2D eigenvalue weighted by atomic mass is 9.99. The minimum Gasteiger partial charge on any atom is -0.492 e. The summed E-state index contributed by atoms with van der Waals surface area (Å²) in [6.07, 6.45) is 6.79. The van der Waals surface area contributed by atoms with Crippen molar-refractivity contribution in [2.24, 2.45) is 5.73 Å². The number of piperidine rings is 1. The van der Waals surface area contributed by atoms with E-state index >= 15 is 0 Å². The van der Waals surface area contributed by atoms with E-state index in [9.17, 15) is 9.59 Å². The molecule has 144 valence electrons. The van der Waals surface area contributed by atoms with E-state index in [1.807, 2.05) is 54.2 Å². The van der Waals surface area contributed by atoms with Crippen molar-refractivity contribution in [3.05, 3.63) is 42.7 Å². The van der Waals surface area contributed by atoms with Gasteiger partial charge in [-0.1, -0.05) is 0 Å². The molecule has 2 heterocycles. The molecule has 1 aliphatic rings. The van der Waals surface area contributed by atoms with Gasteiger partial charge in [0.15, 0.2) is 0 Å². The van der Waals surface area contributed by atoms with E-state index in [0.29, 0.717) is 18.8 Å². The number of rotatable bonds is 6. The largest absolute Gasteiger partial charge is 0.492 e. The Morgan fingerprint density at radius 3 is 2.74 bits per heavy atom. The van der Waals surface area contributed by atoms with E-state index in [-0.39, 0.29) is 24.4 Å². The molecule has 3 rings (SSSR count). The molecule has 1 aromatic heterocycles. The van der Waals surface area contributed by atoms with Gasteiger partial charge in [0.05, 0.1) is 12.3 Å². The maximum absolute atomic E-state index is 12.8. The predicted octanol–water partition coefficient (Wildman–Crippen LogP) is 3.14. The molecule has 0 saturated carbocycles. The molecule has 0 radical (unpaired) electrons. The number of aromatic nitrogens is 1. The molecule has 1 aromatic carbocycles. The number of nitrogens with two attached hydrogens (primary N) is 1. The summed E-state index contributed by atoms with van der Waals surface area (Å²) < 4.78 is 7.64. The fraction of sp³-hybridized carbons (Fsp3) is 0.400. The first-order valence-corrected chi connectivity index (χ1v) is 9.34. The van der Waals surface area contributed by atoms with Crippen molar-refractivity contribution in [2.75, 3.05) is 18.5 Å². The highest BCUT2D eigenvalue weighted by atomic mass is 16.5. The average molecular weight is 370 g/mol. The lowest BCUT2D eigenvalue weighted by Gasteiger charge is -2.35. The number of hydrogen-bond donors (Lipinski definition) is 2. The highest BCUT2D eigenvalue weighted by molar-refractivity contribution is 5.90. The predicted molar refractivity (Wildman–Crippen MR) is 104 cm³/mol. The summed E-state index contributed by atoms with van der Waals surface area (Å²) in [6.45, 7) is 3.12. The molecule has 1 atom stereocenters. The molecule has 0 spiro atoms. The Balaban J connectivity index is 1.79. The summed E-state index contributed by atoms with van der Waals surface area (Å²) in [5.41, 5.74) is 6.87. The third kappa shape index (κ3) is 4.61. The summed E-state index contributed by atoms with van der Waals surface area (Å²) in [7, 11) is 0. The van der Waals surface area contributed by atoms with E-state index in [2.05, 4.69) is 5.32 Å². The number of anilines is 1. The van der Waals surface area contributed by atoms with E-state index in [1.165, 1.54) is 0 Å². The number of primary amides is 1. The molecule has 27 heavy (non-hydrogen) atoms. The molecule has 2 aromatic rings. The van der Waals surface area contributed by atoms with Crippen LogP contribution in [0.15, 0.2) is 42.7 Å². The number of carbonyl (C=O) groups is 2. The van der Waals surface area contributed by atoms with Crippen LogP contribution in [0.2, 0.25) is 0 Å². The van der Waals surface area contributed by atoms with Gasteiger partial charge in [0.2, 0.25) is 5.91 Å². The number of nitrogens with zero attached hydrogens (tertiary/aromatic N) is 2. The van der Waals surface area contributed by atoms with Gasteiger partial charge in [0.25, 0.3) is 0 Å². The molecule has 1 aliphatic heterocycles. The number of hydrogen-bond acceptors (Lipinski definition) is 3. The van der Waals surface area contributed by atoms with Crippen LogP contribution in [0.25, 0.3) is 5.69 Å². The van der Waals surface area contributed by atoms with Crippen LogP contribution in [0.1, 0.15) is 32.6 Å². The minimum atomic E-state index is -0.379. The van der Waals surface area contributed by atoms with Crippen LogP contribution in [0.4, 0.5) is 10.5 Å². The van der Waals surface area contributed by atoms with Crippen molar-refractivity contribution in [3.8, 4) is 11.4 Å². The molecule has 7 heteroatoms. The molecule has 3 N–H and O–H groups in total. The van der Waals surface area contributed by atoms with Gasteiger partial charge in [-0.05, 0) is 56.5 Å². The van der Waals surface area contributed by atoms with Crippen molar-refractivity contribution in [3.63, 3.8) is 0 Å². The lowest BCUT2D eigenvalue weighted by molar-refractivity contribution is -0.119. The number of urea groups is 1. The average Bonchev–Trinajstić information content (AvgIpc) is 3.17. The van der Waals surface area contributed by atoms with Gasteiger partial charge in [0.1, 0.15) is 5.75 Å². The lowest BCUT2D eigenvalue weighted by Crippen LogP contribution is -2.47. The first kappa shape index (κ1) is 18.8. The third-order valence-corrected chi connectivity index (χ3v) is 4.72. The van der Waals surface area contributed by atoms with Gasteiger partial charge in [-0.3, -0.25) is 4.79 Å². The van der Waals surface area contributed by atoms with Crippen LogP contribution in [0.3, 0.4) is 0 Å². The molecular formula is C20H26N4O3.